The van der Waals surface area contributed by atoms with E-state index in [0.717, 1.165) is 54.4 Å². The lowest BCUT2D eigenvalue weighted by Crippen LogP contribution is -2.42. The number of anilines is 1. The molecule has 0 aromatic heterocycles. The number of hydrogen-bond acceptors (Lipinski definition) is 3. The lowest BCUT2D eigenvalue weighted by molar-refractivity contribution is -0.116. The molecule has 3 aromatic carbocycles. The van der Waals surface area contributed by atoms with Gasteiger partial charge in [-0.05, 0) is 59.4 Å². The summed E-state index contributed by atoms with van der Waals surface area (Å²) in [5, 5.41) is 3.73. The predicted molar refractivity (Wildman–Crippen MR) is 140 cm³/mol. The van der Waals surface area contributed by atoms with Crippen LogP contribution in [0.25, 0.3) is 11.1 Å². The van der Waals surface area contributed by atoms with Gasteiger partial charge in [-0.1, -0.05) is 66.2 Å². The monoisotopic (exact) mass is 471 g/mol. The Kier molecular flexibility index (Phi) is 6.98. The Labute approximate surface area is 206 Å². The molecule has 0 aliphatic carbocycles. The molecule has 0 spiro atoms. The van der Waals surface area contributed by atoms with E-state index in [1.807, 2.05) is 48.5 Å². The summed E-state index contributed by atoms with van der Waals surface area (Å²) in [6.45, 7) is 5.50. The molecule has 174 valence electrons. The normalized spacial score (nSPS) is 15.7. The molecule has 2 aliphatic heterocycles. The summed E-state index contributed by atoms with van der Waals surface area (Å²) in [5.41, 5.74) is 7.03. The zero-order chi connectivity index (χ0) is 23.3. The smallest absolute Gasteiger partial charge is 0.224 e. The molecule has 0 radical (unpaired) electrons. The van der Waals surface area contributed by atoms with E-state index in [1.165, 1.54) is 29.8 Å². The number of nitrogens with zero attached hydrogens (tertiary/aromatic N) is 2. The minimum atomic E-state index is 0.0334. The average molecular weight is 472 g/mol. The molecule has 5 rings (SSSR count). The number of benzene rings is 3. The zero-order valence-electron chi connectivity index (χ0n) is 19.3. The quantitative estimate of drug-likeness (QED) is 0.460. The number of piperazine rings is 1. The maximum atomic E-state index is 12.5. The van der Waals surface area contributed by atoms with Crippen molar-refractivity contribution in [2.24, 2.45) is 0 Å². The third kappa shape index (κ3) is 5.69. The summed E-state index contributed by atoms with van der Waals surface area (Å²) >= 11 is 5.97. The first kappa shape index (κ1) is 22.7. The summed E-state index contributed by atoms with van der Waals surface area (Å²) in [5.74, 6) is 0.0334. The Bertz CT molecular complexity index is 1150. The Morgan fingerprint density at radius 2 is 1.50 bits per heavy atom. The van der Waals surface area contributed by atoms with Crippen molar-refractivity contribution in [3.63, 3.8) is 0 Å². The maximum absolute atomic E-state index is 12.5. The second-order valence-corrected chi connectivity index (χ2v) is 9.57. The molecule has 0 unspecified atom stereocenters. The number of hydrogen-bond donors (Lipinski definition) is 1. The largest absolute Gasteiger partial charge is 0.372 e. The highest BCUT2D eigenvalue weighted by Crippen LogP contribution is 2.24. The van der Waals surface area contributed by atoms with Gasteiger partial charge in [0, 0.05) is 55.6 Å². The number of carbonyl (C=O) groups is 1. The molecule has 1 saturated heterocycles. The van der Waals surface area contributed by atoms with Gasteiger partial charge in [0.1, 0.15) is 0 Å². The van der Waals surface area contributed by atoms with Gasteiger partial charge in [-0.15, -0.1) is 0 Å². The van der Waals surface area contributed by atoms with E-state index in [-0.39, 0.29) is 5.91 Å². The topological polar surface area (TPSA) is 35.6 Å². The molecular formula is C29H30ClN3O. The number of fused-ring (bicyclic) bond motifs is 1. The number of amides is 1. The fourth-order valence-corrected chi connectivity index (χ4v) is 4.85. The van der Waals surface area contributed by atoms with Gasteiger partial charge in [-0.3, -0.25) is 9.69 Å². The highest BCUT2D eigenvalue weighted by molar-refractivity contribution is 6.30. The highest BCUT2D eigenvalue weighted by Gasteiger charge is 2.23. The Balaban J connectivity index is 1.08. The third-order valence-corrected chi connectivity index (χ3v) is 6.92. The number of rotatable bonds is 7. The predicted octanol–water partition coefficient (Wildman–Crippen LogP) is 5.98. The van der Waals surface area contributed by atoms with Crippen LogP contribution in [-0.4, -0.2) is 41.9 Å². The summed E-state index contributed by atoms with van der Waals surface area (Å²) in [6.07, 6.45) is 4.78. The fourth-order valence-electron chi connectivity index (χ4n) is 4.72. The van der Waals surface area contributed by atoms with Crippen LogP contribution in [0.2, 0.25) is 5.02 Å². The van der Waals surface area contributed by atoms with E-state index in [2.05, 4.69) is 45.5 Å². The zero-order valence-corrected chi connectivity index (χ0v) is 20.1. The molecule has 1 amide bonds. The average Bonchev–Trinajstić information content (AvgIpc) is 3.33. The first-order valence-corrected chi connectivity index (χ1v) is 12.4. The molecule has 1 fully saturated rings. The standard InChI is InChI=1S/C29H30ClN3O/c30-26-12-8-24(9-13-26)25-10-14-27(15-11-25)31-29(34)16-7-22-3-5-23(6-4-22)20-32-18-19-33-17-1-2-28(33)21-32/h2-6,8-15H,1,7,16-21H2,(H,31,34). The molecule has 3 aromatic rings. The van der Waals surface area contributed by atoms with Crippen molar-refractivity contribution in [1.29, 1.82) is 0 Å². The van der Waals surface area contributed by atoms with Gasteiger partial charge in [0.15, 0.2) is 0 Å². The summed E-state index contributed by atoms with van der Waals surface area (Å²) in [7, 11) is 0. The fraction of sp³-hybridized carbons (Fsp3) is 0.276. The van der Waals surface area contributed by atoms with Crippen molar-refractivity contribution >= 4 is 23.2 Å². The minimum absolute atomic E-state index is 0.0334. The maximum Gasteiger partial charge on any atom is 0.224 e. The molecule has 0 saturated carbocycles. The molecule has 2 aliphatic rings. The van der Waals surface area contributed by atoms with Crippen molar-refractivity contribution in [2.45, 2.75) is 25.8 Å². The van der Waals surface area contributed by atoms with Gasteiger partial charge in [0.2, 0.25) is 5.91 Å². The van der Waals surface area contributed by atoms with Gasteiger partial charge in [0.05, 0.1) is 0 Å². The van der Waals surface area contributed by atoms with Gasteiger partial charge < -0.3 is 10.2 Å². The van der Waals surface area contributed by atoms with Crippen LogP contribution in [0.3, 0.4) is 0 Å². The summed E-state index contributed by atoms with van der Waals surface area (Å²) < 4.78 is 0. The van der Waals surface area contributed by atoms with E-state index in [0.29, 0.717) is 6.42 Å². The Hall–Kier alpha value is -3.08. The Morgan fingerprint density at radius 1 is 0.824 bits per heavy atom. The van der Waals surface area contributed by atoms with Crippen LogP contribution in [0.4, 0.5) is 5.69 Å². The van der Waals surface area contributed by atoms with Crippen LogP contribution in [0.15, 0.2) is 84.6 Å². The van der Waals surface area contributed by atoms with Crippen molar-refractivity contribution in [1.82, 2.24) is 9.80 Å². The first-order valence-electron chi connectivity index (χ1n) is 12.0. The van der Waals surface area contributed by atoms with Gasteiger partial charge in [-0.2, -0.15) is 0 Å². The van der Waals surface area contributed by atoms with Gasteiger partial charge in [-0.25, -0.2) is 0 Å². The van der Waals surface area contributed by atoms with Crippen LogP contribution in [-0.2, 0) is 17.8 Å². The van der Waals surface area contributed by atoms with Crippen LogP contribution < -0.4 is 5.32 Å². The van der Waals surface area contributed by atoms with E-state index in [9.17, 15) is 4.79 Å². The first-order chi connectivity index (χ1) is 16.6. The second-order valence-electron chi connectivity index (χ2n) is 9.13. The van der Waals surface area contributed by atoms with E-state index < -0.39 is 0 Å². The van der Waals surface area contributed by atoms with Crippen molar-refractivity contribution in [3.8, 4) is 11.1 Å². The SMILES string of the molecule is O=C(CCc1ccc(CN2CCN3CCC=C3C2)cc1)Nc1ccc(-c2ccc(Cl)cc2)cc1. The Morgan fingerprint density at radius 3 is 2.24 bits per heavy atom. The van der Waals surface area contributed by atoms with E-state index in [4.69, 9.17) is 11.6 Å². The summed E-state index contributed by atoms with van der Waals surface area (Å²) in [4.78, 5) is 17.5. The third-order valence-electron chi connectivity index (χ3n) is 6.67. The molecule has 0 bridgehead atoms. The van der Waals surface area contributed by atoms with Crippen molar-refractivity contribution < 1.29 is 4.79 Å². The number of aryl methyl sites for hydroxylation is 1. The second kappa shape index (κ2) is 10.5. The molecular weight excluding hydrogens is 442 g/mol. The van der Waals surface area contributed by atoms with Crippen molar-refractivity contribution in [2.75, 3.05) is 31.5 Å². The van der Waals surface area contributed by atoms with Gasteiger partial charge >= 0.3 is 0 Å². The lowest BCUT2D eigenvalue weighted by atomic mass is 10.1. The number of halogens is 1. The molecule has 34 heavy (non-hydrogen) atoms. The molecule has 2 heterocycles. The van der Waals surface area contributed by atoms with E-state index >= 15 is 0 Å². The van der Waals surface area contributed by atoms with Crippen molar-refractivity contribution in [3.05, 3.63) is 101 Å². The molecule has 0 atom stereocenters. The lowest BCUT2D eigenvalue weighted by Gasteiger charge is -2.35. The minimum Gasteiger partial charge on any atom is -0.372 e. The molecule has 4 nitrogen and oxygen atoms in total. The van der Waals surface area contributed by atoms with Gasteiger partial charge in [0.25, 0.3) is 0 Å². The molecule has 1 N–H and O–H groups in total. The highest BCUT2D eigenvalue weighted by atomic mass is 35.5. The number of carbonyl (C=O) groups excluding carboxylic acids is 1. The van der Waals surface area contributed by atoms with Crippen LogP contribution >= 0.6 is 11.6 Å². The van der Waals surface area contributed by atoms with Crippen LogP contribution in [0.5, 0.6) is 0 Å². The van der Waals surface area contributed by atoms with Crippen LogP contribution in [0, 0.1) is 0 Å². The molecule has 5 heteroatoms. The number of nitrogens with one attached hydrogen (secondary N) is 1. The summed E-state index contributed by atoms with van der Waals surface area (Å²) in [6, 6.07) is 24.4. The van der Waals surface area contributed by atoms with Crippen LogP contribution in [0.1, 0.15) is 24.0 Å². The van der Waals surface area contributed by atoms with E-state index in [1.54, 1.807) is 0 Å².